The van der Waals surface area contributed by atoms with Gasteiger partial charge in [-0.05, 0) is 88.5 Å². The van der Waals surface area contributed by atoms with Crippen LogP contribution in [0.5, 0.6) is 0 Å². The number of rotatable bonds is 3. The van der Waals surface area contributed by atoms with Crippen molar-refractivity contribution in [2.24, 2.45) is 0 Å². The van der Waals surface area contributed by atoms with Gasteiger partial charge in [0.15, 0.2) is 23.3 Å². The summed E-state index contributed by atoms with van der Waals surface area (Å²) in [5.41, 5.74) is 2.98. The van der Waals surface area contributed by atoms with Crippen molar-refractivity contribution in [1.82, 2.24) is 39.9 Å². The van der Waals surface area contributed by atoms with E-state index in [1.807, 2.05) is 24.3 Å². The van der Waals surface area contributed by atoms with Gasteiger partial charge in [-0.3, -0.25) is 13.7 Å². The maximum absolute atomic E-state index is 12.4. The van der Waals surface area contributed by atoms with Crippen LogP contribution in [0.25, 0.3) is 100 Å². The Labute approximate surface area is 358 Å². The normalized spacial score (nSPS) is 13.0. The van der Waals surface area contributed by atoms with Gasteiger partial charge < -0.3 is 9.97 Å². The predicted octanol–water partition coefficient (Wildman–Crippen LogP) is 7.06. The Morgan fingerprint density at radius 3 is 1.33 bits per heavy atom. The summed E-state index contributed by atoms with van der Waals surface area (Å²) in [6.45, 7) is 6.32. The summed E-state index contributed by atoms with van der Waals surface area (Å²) < 4.78 is 104. The molecule has 2 aliphatic heterocycles. The van der Waals surface area contributed by atoms with Gasteiger partial charge in [0.1, 0.15) is 22.6 Å². The molecule has 0 spiro atoms. The molecule has 17 nitrogen and oxygen atoms in total. The van der Waals surface area contributed by atoms with Crippen molar-refractivity contribution in [3.63, 3.8) is 0 Å². The number of nitrogens with zero attached hydrogens (tertiary/aromatic N) is 6. The van der Waals surface area contributed by atoms with Crippen LogP contribution in [0.3, 0.4) is 0 Å². The Hall–Kier alpha value is -5.93. The van der Waals surface area contributed by atoms with Crippen LogP contribution in [0, 0.1) is 0 Å². The Balaban J connectivity index is 0.00000476. The van der Waals surface area contributed by atoms with Gasteiger partial charge in [0.25, 0.3) is 30.4 Å². The zero-order valence-corrected chi connectivity index (χ0v) is 37.4. The van der Waals surface area contributed by atoms with Crippen molar-refractivity contribution in [2.75, 3.05) is 0 Å². The van der Waals surface area contributed by atoms with E-state index in [4.69, 9.17) is 29.9 Å². The Morgan fingerprint density at radius 2 is 0.836 bits per heavy atom. The Kier molecular flexibility index (Phi) is 8.98. The van der Waals surface area contributed by atoms with Crippen molar-refractivity contribution in [2.45, 2.75) is 40.9 Å². The molecule has 5 N–H and O–H groups in total. The van der Waals surface area contributed by atoms with Gasteiger partial charge in [-0.15, -0.1) is 0 Å². The molecule has 5 aromatic carbocycles. The molecular weight excluding hydrogens is 898 g/mol. The average Bonchev–Trinajstić information content (AvgIpc) is 3.90. The van der Waals surface area contributed by atoms with E-state index >= 15 is 0 Å². The van der Waals surface area contributed by atoms with Gasteiger partial charge in [-0.25, -0.2) is 29.9 Å². The third-order valence-corrected chi connectivity index (χ3v) is 13.0. The van der Waals surface area contributed by atoms with Gasteiger partial charge >= 0.3 is 19.5 Å². The molecule has 0 saturated carbocycles. The zero-order valence-electron chi connectivity index (χ0n) is 32.0. The van der Waals surface area contributed by atoms with Crippen LogP contribution in [0.4, 0.5) is 0 Å². The SMILES string of the molecule is CC(C)(C)c1ccc2cc3c(cc2c1)-c1nc-3nc2nc(nc3[nH]c(nc4[nH]c(n1)c1cc(S(=O)(=O)O)ccc41)c1ccc(S(=O)(=O)O)cc31)-c1cc(S(=O)(=O)O)ccc1-2.[Zn+2]. The number of aromatic nitrogens is 8. The van der Waals surface area contributed by atoms with Gasteiger partial charge in [0.05, 0.1) is 14.7 Å². The molecule has 0 fully saturated rings. The average molecular weight is 926 g/mol. The summed E-state index contributed by atoms with van der Waals surface area (Å²) in [6, 6.07) is 21.4. The summed E-state index contributed by atoms with van der Waals surface area (Å²) in [6.07, 6.45) is 0. The van der Waals surface area contributed by atoms with Crippen LogP contribution >= 0.6 is 0 Å². The number of benzene rings is 5. The number of hydrogen-bond acceptors (Lipinski definition) is 12. The van der Waals surface area contributed by atoms with E-state index in [-0.39, 0.29) is 87.1 Å². The fourth-order valence-corrected chi connectivity index (χ4v) is 8.94. The maximum atomic E-state index is 12.4. The second-order valence-electron chi connectivity index (χ2n) is 15.4. The molecule has 0 unspecified atom stereocenters. The van der Waals surface area contributed by atoms with Crippen molar-refractivity contribution < 1.29 is 58.4 Å². The van der Waals surface area contributed by atoms with E-state index in [1.165, 1.54) is 54.6 Å². The quantitative estimate of drug-likeness (QED) is 0.0877. The third kappa shape index (κ3) is 6.87. The molecule has 21 heteroatoms. The van der Waals surface area contributed by atoms with Crippen molar-refractivity contribution in [3.8, 4) is 45.6 Å². The Morgan fingerprint density at radius 1 is 0.426 bits per heavy atom. The fourth-order valence-electron chi connectivity index (χ4n) is 7.42. The van der Waals surface area contributed by atoms with Crippen LogP contribution in [0.2, 0.25) is 0 Å². The molecule has 0 saturated heterocycles. The van der Waals surface area contributed by atoms with Gasteiger partial charge in [0.2, 0.25) is 0 Å². The summed E-state index contributed by atoms with van der Waals surface area (Å²) >= 11 is 0. The standard InChI is InChI=1S/C40H28N8O9S3.Zn/c1-40(2,3)20-5-4-18-13-27-28(14-19(18)12-20)36-46-35(27)42-34-26-11-8-23(60(55,56)57)17-31(26)39(45-34)48-38-30-16-22(59(52,53)54)7-10-25(30)33(44-38)41-32-24-9-6-21(58(49,50)51)15-29(24)37(43-32)47-36;/h4-17H,1-3H3,(H,49,50,51)(H,52,53,54)(H,55,56,57)(H2,41,42,43,44,45,46,47,48);/q;+2. The smallest absolute Gasteiger partial charge is 0.324 e. The van der Waals surface area contributed by atoms with E-state index in [9.17, 15) is 38.9 Å². The van der Waals surface area contributed by atoms with Crippen molar-refractivity contribution in [1.29, 1.82) is 0 Å². The predicted molar refractivity (Wildman–Crippen MR) is 222 cm³/mol. The number of hydrogen-bond donors (Lipinski definition) is 5. The molecule has 3 aromatic heterocycles. The van der Waals surface area contributed by atoms with E-state index in [0.717, 1.165) is 16.3 Å². The molecule has 0 aliphatic carbocycles. The van der Waals surface area contributed by atoms with E-state index in [1.54, 1.807) is 0 Å². The van der Waals surface area contributed by atoms with Crippen LogP contribution in [0.1, 0.15) is 26.3 Å². The maximum Gasteiger partial charge on any atom is 2.00 e. The van der Waals surface area contributed by atoms with Gasteiger partial charge in [-0.1, -0.05) is 39.0 Å². The summed E-state index contributed by atoms with van der Waals surface area (Å²) in [5.74, 6) is 0.356. The fraction of sp³-hybridized carbons (Fsp3) is 0.100. The first-order valence-electron chi connectivity index (χ1n) is 18.0. The molecule has 300 valence electrons. The molecule has 0 radical (unpaired) electrons. The first-order chi connectivity index (χ1) is 28.2. The summed E-state index contributed by atoms with van der Waals surface area (Å²) in [4.78, 5) is 33.9. The second kappa shape index (κ2) is 13.5. The zero-order chi connectivity index (χ0) is 42.3. The number of fused-ring (bicyclic) bond motifs is 21. The van der Waals surface area contributed by atoms with Crippen molar-refractivity contribution in [3.05, 3.63) is 90.5 Å². The molecule has 8 aromatic rings. The largest absolute Gasteiger partial charge is 2.00 e. The molecule has 0 atom stereocenters. The Bertz CT molecular complexity index is 3810. The molecule has 10 rings (SSSR count). The number of aromatic amines is 2. The van der Waals surface area contributed by atoms with E-state index in [2.05, 4.69) is 36.8 Å². The molecule has 2 aliphatic rings. The third-order valence-electron chi connectivity index (χ3n) is 10.5. The topological polar surface area (TPSA) is 272 Å². The minimum atomic E-state index is -4.70. The second-order valence-corrected chi connectivity index (χ2v) is 19.6. The first-order valence-corrected chi connectivity index (χ1v) is 22.3. The van der Waals surface area contributed by atoms with Gasteiger partial charge in [-0.2, -0.15) is 25.3 Å². The molecule has 0 amide bonds. The minimum Gasteiger partial charge on any atom is -0.324 e. The number of nitrogens with one attached hydrogen (secondary N) is 2. The summed E-state index contributed by atoms with van der Waals surface area (Å²) in [7, 11) is -14.0. The molecular formula is C40H28N8O9S3Zn+2. The number of H-pyrrole nitrogens is 2. The van der Waals surface area contributed by atoms with Crippen LogP contribution in [0.15, 0.2) is 99.6 Å². The van der Waals surface area contributed by atoms with Crippen molar-refractivity contribution >= 4 is 85.3 Å². The molecule has 5 heterocycles. The van der Waals surface area contributed by atoms with Crippen LogP contribution in [-0.2, 0) is 55.2 Å². The minimum absolute atomic E-state index is 0. The molecule has 8 bridgehead atoms. The monoisotopic (exact) mass is 924 g/mol. The molecule has 61 heavy (non-hydrogen) atoms. The van der Waals surface area contributed by atoms with Crippen LogP contribution < -0.4 is 0 Å². The summed E-state index contributed by atoms with van der Waals surface area (Å²) in [5, 5.41) is 2.89. The van der Waals surface area contributed by atoms with Crippen LogP contribution in [-0.4, -0.2) is 78.8 Å². The van der Waals surface area contributed by atoms with Gasteiger partial charge in [0, 0.05) is 43.8 Å². The van der Waals surface area contributed by atoms with E-state index in [0.29, 0.717) is 27.5 Å². The van der Waals surface area contributed by atoms with E-state index < -0.39 is 45.0 Å². The first kappa shape index (κ1) is 40.5.